The molecule has 0 spiro atoms. The van der Waals surface area contributed by atoms with Crippen molar-refractivity contribution in [3.05, 3.63) is 28.7 Å². The summed E-state index contributed by atoms with van der Waals surface area (Å²) in [5.74, 6) is 0. The Labute approximate surface area is 96.7 Å². The molecule has 90 valence electrons. The molecule has 0 bridgehead atoms. The lowest BCUT2D eigenvalue weighted by Gasteiger charge is -2.17. The van der Waals surface area contributed by atoms with Gasteiger partial charge in [0, 0.05) is 24.5 Å². The molecule has 0 radical (unpaired) electrons. The van der Waals surface area contributed by atoms with Crippen molar-refractivity contribution >= 4 is 5.69 Å². The quantitative estimate of drug-likeness (QED) is 0.787. The van der Waals surface area contributed by atoms with Gasteiger partial charge < -0.3 is 15.2 Å². The van der Waals surface area contributed by atoms with E-state index in [4.69, 9.17) is 5.73 Å². The molecule has 0 atom stereocenters. The van der Waals surface area contributed by atoms with Gasteiger partial charge in [0.15, 0.2) is 0 Å². The van der Waals surface area contributed by atoms with Gasteiger partial charge in [0.05, 0.1) is 0 Å². The second kappa shape index (κ2) is 6.33. The molecule has 0 aliphatic rings. The Kier molecular flexibility index (Phi) is 5.05. The van der Waals surface area contributed by atoms with Crippen molar-refractivity contribution in [1.29, 1.82) is 0 Å². The minimum Gasteiger partial charge on any atom is -0.398 e. The van der Waals surface area contributed by atoms with Crippen molar-refractivity contribution in [3.63, 3.8) is 0 Å². The van der Waals surface area contributed by atoms with Crippen LogP contribution in [0.1, 0.15) is 20.3 Å². The second-order valence-electron chi connectivity index (χ2n) is 3.87. The predicted octanol–water partition coefficient (Wildman–Crippen LogP) is 1.16. The van der Waals surface area contributed by atoms with Crippen LogP contribution >= 0.6 is 0 Å². The molecule has 4 heteroatoms. The summed E-state index contributed by atoms with van der Waals surface area (Å²) in [4.78, 5) is 13.8. The minimum atomic E-state index is 0.0220. The first-order valence-corrected chi connectivity index (χ1v) is 5.85. The van der Waals surface area contributed by atoms with E-state index < -0.39 is 0 Å². The molecule has 1 aromatic rings. The van der Waals surface area contributed by atoms with Gasteiger partial charge in [-0.1, -0.05) is 13.8 Å². The fourth-order valence-electron chi connectivity index (χ4n) is 1.73. The Morgan fingerprint density at radius 1 is 1.31 bits per heavy atom. The number of anilines is 1. The first-order chi connectivity index (χ1) is 7.67. The number of nitrogen functional groups attached to an aromatic ring is 1. The molecular formula is C12H21N3O. The van der Waals surface area contributed by atoms with Crippen LogP contribution in [0, 0.1) is 0 Å². The monoisotopic (exact) mass is 223 g/mol. The zero-order valence-electron chi connectivity index (χ0n) is 10.1. The molecule has 0 aliphatic heterocycles. The van der Waals surface area contributed by atoms with E-state index in [0.717, 1.165) is 32.6 Å². The van der Waals surface area contributed by atoms with Crippen molar-refractivity contribution in [2.24, 2.45) is 0 Å². The molecule has 0 aliphatic carbocycles. The Morgan fingerprint density at radius 2 is 2.00 bits per heavy atom. The Morgan fingerprint density at radius 3 is 2.62 bits per heavy atom. The van der Waals surface area contributed by atoms with Gasteiger partial charge in [-0.2, -0.15) is 0 Å². The third-order valence-corrected chi connectivity index (χ3v) is 2.77. The highest BCUT2D eigenvalue weighted by molar-refractivity contribution is 5.33. The number of pyridine rings is 1. The average Bonchev–Trinajstić information content (AvgIpc) is 2.29. The molecule has 0 saturated heterocycles. The largest absolute Gasteiger partial charge is 0.398 e. The van der Waals surface area contributed by atoms with E-state index in [9.17, 15) is 4.79 Å². The fourth-order valence-corrected chi connectivity index (χ4v) is 1.73. The molecule has 0 aromatic carbocycles. The average molecular weight is 223 g/mol. The van der Waals surface area contributed by atoms with Crippen molar-refractivity contribution in [1.82, 2.24) is 9.47 Å². The Hall–Kier alpha value is -1.29. The van der Waals surface area contributed by atoms with Crippen molar-refractivity contribution < 1.29 is 0 Å². The zero-order valence-corrected chi connectivity index (χ0v) is 10.1. The first kappa shape index (κ1) is 12.8. The molecule has 0 fully saturated rings. The van der Waals surface area contributed by atoms with Gasteiger partial charge in [0.1, 0.15) is 0 Å². The molecule has 2 N–H and O–H groups in total. The number of aryl methyl sites for hydroxylation is 1. The predicted molar refractivity (Wildman–Crippen MR) is 67.5 cm³/mol. The smallest absolute Gasteiger partial charge is 0.250 e. The summed E-state index contributed by atoms with van der Waals surface area (Å²) in [6, 6.07) is 3.16. The summed E-state index contributed by atoms with van der Waals surface area (Å²) in [6.07, 6.45) is 2.69. The van der Waals surface area contributed by atoms with E-state index in [2.05, 4.69) is 18.7 Å². The number of hydrogen-bond donors (Lipinski definition) is 1. The molecule has 16 heavy (non-hydrogen) atoms. The third kappa shape index (κ3) is 3.70. The first-order valence-electron chi connectivity index (χ1n) is 5.85. The SMILES string of the molecule is CCN(CC)CCCn1cc(N)ccc1=O. The van der Waals surface area contributed by atoms with Gasteiger partial charge in [-0.15, -0.1) is 0 Å². The molecule has 0 unspecified atom stereocenters. The fraction of sp³-hybridized carbons (Fsp3) is 0.583. The summed E-state index contributed by atoms with van der Waals surface area (Å²) >= 11 is 0. The van der Waals surface area contributed by atoms with E-state index in [-0.39, 0.29) is 5.56 Å². The number of nitrogens with zero attached hydrogens (tertiary/aromatic N) is 2. The summed E-state index contributed by atoms with van der Waals surface area (Å²) < 4.78 is 1.68. The van der Waals surface area contributed by atoms with Gasteiger partial charge in [-0.05, 0) is 32.1 Å². The summed E-state index contributed by atoms with van der Waals surface area (Å²) in [7, 11) is 0. The van der Waals surface area contributed by atoms with Gasteiger partial charge in [0.2, 0.25) is 0 Å². The van der Waals surface area contributed by atoms with E-state index >= 15 is 0 Å². The van der Waals surface area contributed by atoms with E-state index in [1.165, 1.54) is 6.07 Å². The number of rotatable bonds is 6. The molecule has 1 rings (SSSR count). The number of hydrogen-bond acceptors (Lipinski definition) is 3. The number of nitrogens with two attached hydrogens (primary N) is 1. The third-order valence-electron chi connectivity index (χ3n) is 2.77. The highest BCUT2D eigenvalue weighted by atomic mass is 16.1. The van der Waals surface area contributed by atoms with Gasteiger partial charge in [-0.3, -0.25) is 4.79 Å². The van der Waals surface area contributed by atoms with Crippen LogP contribution in [0.4, 0.5) is 5.69 Å². The summed E-state index contributed by atoms with van der Waals surface area (Å²) in [5, 5.41) is 0. The topological polar surface area (TPSA) is 51.3 Å². The van der Waals surface area contributed by atoms with E-state index in [1.54, 1.807) is 16.8 Å². The molecule has 1 aromatic heterocycles. The standard InChI is InChI=1S/C12H21N3O/c1-3-14(4-2)8-5-9-15-10-11(13)6-7-12(15)16/h6-7,10H,3-5,8-9,13H2,1-2H3. The maximum atomic E-state index is 11.5. The van der Waals surface area contributed by atoms with Gasteiger partial charge in [-0.25, -0.2) is 0 Å². The molecule has 1 heterocycles. The van der Waals surface area contributed by atoms with Crippen LogP contribution in [-0.4, -0.2) is 29.1 Å². The lowest BCUT2D eigenvalue weighted by molar-refractivity contribution is 0.292. The highest BCUT2D eigenvalue weighted by Crippen LogP contribution is 1.98. The molecular weight excluding hydrogens is 202 g/mol. The van der Waals surface area contributed by atoms with Crippen LogP contribution in [0.3, 0.4) is 0 Å². The second-order valence-corrected chi connectivity index (χ2v) is 3.87. The van der Waals surface area contributed by atoms with Crippen molar-refractivity contribution in [2.45, 2.75) is 26.8 Å². The van der Waals surface area contributed by atoms with Crippen LogP contribution in [0.5, 0.6) is 0 Å². The van der Waals surface area contributed by atoms with Gasteiger partial charge >= 0.3 is 0 Å². The number of aromatic nitrogens is 1. The van der Waals surface area contributed by atoms with Crippen molar-refractivity contribution in [2.75, 3.05) is 25.4 Å². The molecule has 0 saturated carbocycles. The van der Waals surface area contributed by atoms with Gasteiger partial charge in [0.25, 0.3) is 5.56 Å². The molecule has 4 nitrogen and oxygen atoms in total. The van der Waals surface area contributed by atoms with Crippen LogP contribution in [0.15, 0.2) is 23.1 Å². The lowest BCUT2D eigenvalue weighted by atomic mass is 10.3. The summed E-state index contributed by atoms with van der Waals surface area (Å²) in [6.45, 7) is 8.17. The minimum absolute atomic E-state index is 0.0220. The highest BCUT2D eigenvalue weighted by Gasteiger charge is 2.00. The summed E-state index contributed by atoms with van der Waals surface area (Å²) in [5.41, 5.74) is 6.30. The lowest BCUT2D eigenvalue weighted by Crippen LogP contribution is -2.26. The maximum absolute atomic E-state index is 11.5. The van der Waals surface area contributed by atoms with E-state index in [0.29, 0.717) is 5.69 Å². The van der Waals surface area contributed by atoms with Crippen LogP contribution in [0.2, 0.25) is 0 Å². The Bertz CT molecular complexity index is 369. The van der Waals surface area contributed by atoms with Crippen molar-refractivity contribution in [3.8, 4) is 0 Å². The van der Waals surface area contributed by atoms with Crippen LogP contribution < -0.4 is 11.3 Å². The van der Waals surface area contributed by atoms with Crippen LogP contribution in [0.25, 0.3) is 0 Å². The van der Waals surface area contributed by atoms with E-state index in [1.807, 2.05) is 0 Å². The maximum Gasteiger partial charge on any atom is 0.250 e. The zero-order chi connectivity index (χ0) is 12.0. The molecule has 0 amide bonds. The van der Waals surface area contributed by atoms with Crippen LogP contribution in [-0.2, 0) is 6.54 Å². The Balaban J connectivity index is 2.48. The normalized spacial score (nSPS) is 10.9.